The van der Waals surface area contributed by atoms with Crippen molar-refractivity contribution in [1.82, 2.24) is 10.6 Å². The van der Waals surface area contributed by atoms with Crippen LogP contribution in [0.5, 0.6) is 5.75 Å². The number of aliphatic hydroxyl groups is 1. The third-order valence-electron chi connectivity index (χ3n) is 2.37. The van der Waals surface area contributed by atoms with Gasteiger partial charge in [-0.25, -0.2) is 13.6 Å². The maximum atomic E-state index is 13.6. The predicted molar refractivity (Wildman–Crippen MR) is 65.0 cm³/mol. The summed E-state index contributed by atoms with van der Waals surface area (Å²) in [6.07, 6.45) is -1.28. The summed E-state index contributed by atoms with van der Waals surface area (Å²) in [5.41, 5.74) is 0.0369. The van der Waals surface area contributed by atoms with Crippen LogP contribution >= 0.6 is 0 Å². The van der Waals surface area contributed by atoms with Crippen LogP contribution in [0.15, 0.2) is 12.1 Å². The van der Waals surface area contributed by atoms with E-state index in [-0.39, 0.29) is 5.56 Å². The Kier molecular flexibility index (Phi) is 5.39. The van der Waals surface area contributed by atoms with Gasteiger partial charge >= 0.3 is 6.03 Å². The molecule has 0 radical (unpaired) electrons. The van der Waals surface area contributed by atoms with Gasteiger partial charge in [-0.2, -0.15) is 0 Å². The van der Waals surface area contributed by atoms with Gasteiger partial charge in [0.25, 0.3) is 5.91 Å². The molecule has 8 heteroatoms. The number of ether oxygens (including phenoxy) is 1. The van der Waals surface area contributed by atoms with Gasteiger partial charge in [-0.1, -0.05) is 0 Å². The topological polar surface area (TPSA) is 87.7 Å². The number of amides is 3. The lowest BCUT2D eigenvalue weighted by Gasteiger charge is -2.15. The van der Waals surface area contributed by atoms with Crippen molar-refractivity contribution >= 4 is 11.9 Å². The molecular weight excluding hydrogens is 274 g/mol. The number of halogens is 2. The molecule has 1 atom stereocenters. The Morgan fingerprint density at radius 3 is 2.35 bits per heavy atom. The summed E-state index contributed by atoms with van der Waals surface area (Å²) in [6, 6.07) is 1.02. The second kappa shape index (κ2) is 6.80. The summed E-state index contributed by atoms with van der Waals surface area (Å²) in [6.45, 7) is 0.706. The van der Waals surface area contributed by atoms with Gasteiger partial charge in [0, 0.05) is 7.05 Å². The molecule has 0 heterocycles. The maximum absolute atomic E-state index is 13.6. The smallest absolute Gasteiger partial charge is 0.321 e. The zero-order chi connectivity index (χ0) is 15.3. The van der Waals surface area contributed by atoms with E-state index in [1.807, 2.05) is 5.32 Å². The zero-order valence-electron chi connectivity index (χ0n) is 10.9. The molecule has 0 saturated heterocycles. The summed E-state index contributed by atoms with van der Waals surface area (Å²) in [5, 5.41) is 12.9. The summed E-state index contributed by atoms with van der Waals surface area (Å²) in [7, 11) is 1.31. The molecule has 1 rings (SSSR count). The molecule has 3 amide bonds. The SMILES string of the molecule is CNC(=O)NC(=O)C(C)Oc1c(F)cc(CO)cc1F. The molecule has 0 aliphatic heterocycles. The number of nitrogens with one attached hydrogen (secondary N) is 2. The van der Waals surface area contributed by atoms with Crippen LogP contribution < -0.4 is 15.4 Å². The number of carbonyl (C=O) groups is 2. The molecule has 0 saturated carbocycles. The number of urea groups is 1. The Labute approximate surface area is 113 Å². The lowest BCUT2D eigenvalue weighted by molar-refractivity contribution is -0.126. The van der Waals surface area contributed by atoms with Crippen molar-refractivity contribution in [2.24, 2.45) is 0 Å². The van der Waals surface area contributed by atoms with E-state index >= 15 is 0 Å². The van der Waals surface area contributed by atoms with E-state index in [4.69, 9.17) is 9.84 Å². The monoisotopic (exact) mass is 288 g/mol. The highest BCUT2D eigenvalue weighted by Gasteiger charge is 2.21. The Morgan fingerprint density at radius 2 is 1.90 bits per heavy atom. The average Bonchev–Trinajstić information content (AvgIpc) is 2.41. The number of aliphatic hydroxyl groups excluding tert-OH is 1. The molecule has 1 aromatic rings. The van der Waals surface area contributed by atoms with Crippen LogP contribution in [0.1, 0.15) is 12.5 Å². The van der Waals surface area contributed by atoms with Crippen LogP contribution in [-0.2, 0) is 11.4 Å². The Morgan fingerprint density at radius 1 is 1.35 bits per heavy atom. The molecular formula is C12H14F2N2O4. The van der Waals surface area contributed by atoms with Crippen molar-refractivity contribution in [3.8, 4) is 5.75 Å². The third-order valence-corrected chi connectivity index (χ3v) is 2.37. The van der Waals surface area contributed by atoms with E-state index in [1.165, 1.54) is 14.0 Å². The van der Waals surface area contributed by atoms with Crippen LogP contribution in [0.25, 0.3) is 0 Å². The van der Waals surface area contributed by atoms with E-state index in [0.717, 1.165) is 12.1 Å². The Bertz CT molecular complexity index is 499. The van der Waals surface area contributed by atoms with Gasteiger partial charge in [-0.05, 0) is 24.6 Å². The summed E-state index contributed by atoms with van der Waals surface area (Å²) in [5.74, 6) is -3.70. The minimum atomic E-state index is -1.28. The van der Waals surface area contributed by atoms with E-state index in [2.05, 4.69) is 5.32 Å². The fraction of sp³-hybridized carbons (Fsp3) is 0.333. The molecule has 0 aromatic heterocycles. The van der Waals surface area contributed by atoms with Gasteiger partial charge in [0.15, 0.2) is 23.5 Å². The molecule has 0 aliphatic rings. The standard InChI is InChI=1S/C12H14F2N2O4/c1-6(11(18)16-12(19)15-2)20-10-8(13)3-7(5-17)4-9(10)14/h3-4,6,17H,5H2,1-2H3,(H2,15,16,18,19). The number of carbonyl (C=O) groups excluding carboxylic acids is 2. The maximum Gasteiger partial charge on any atom is 0.321 e. The molecule has 0 spiro atoms. The lowest BCUT2D eigenvalue weighted by Crippen LogP contribution is -2.44. The number of hydrogen-bond acceptors (Lipinski definition) is 4. The Hall–Kier alpha value is -2.22. The number of hydrogen-bond donors (Lipinski definition) is 3. The number of imide groups is 1. The van der Waals surface area contributed by atoms with E-state index in [9.17, 15) is 18.4 Å². The highest BCUT2D eigenvalue weighted by molar-refractivity contribution is 5.96. The van der Waals surface area contributed by atoms with Crippen molar-refractivity contribution in [1.29, 1.82) is 0 Å². The molecule has 3 N–H and O–H groups in total. The fourth-order valence-electron chi connectivity index (χ4n) is 1.32. The second-order valence-electron chi connectivity index (χ2n) is 3.88. The van der Waals surface area contributed by atoms with Crippen molar-refractivity contribution in [2.75, 3.05) is 7.05 Å². The molecule has 0 fully saturated rings. The normalized spacial score (nSPS) is 11.7. The minimum Gasteiger partial charge on any atom is -0.475 e. The highest BCUT2D eigenvalue weighted by Crippen LogP contribution is 2.24. The van der Waals surface area contributed by atoms with Crippen molar-refractivity contribution in [3.05, 3.63) is 29.3 Å². The van der Waals surface area contributed by atoms with Gasteiger partial charge in [0.2, 0.25) is 0 Å². The van der Waals surface area contributed by atoms with E-state index in [1.54, 1.807) is 0 Å². The predicted octanol–water partition coefficient (Wildman–Crippen LogP) is 0.680. The largest absolute Gasteiger partial charge is 0.475 e. The first-order valence-electron chi connectivity index (χ1n) is 5.67. The van der Waals surface area contributed by atoms with Crippen LogP contribution in [0.3, 0.4) is 0 Å². The van der Waals surface area contributed by atoms with Gasteiger partial charge < -0.3 is 15.2 Å². The van der Waals surface area contributed by atoms with Crippen molar-refractivity contribution < 1.29 is 28.2 Å². The first kappa shape index (κ1) is 15.8. The summed E-state index contributed by atoms with van der Waals surface area (Å²) in [4.78, 5) is 22.4. The Balaban J connectivity index is 2.83. The highest BCUT2D eigenvalue weighted by atomic mass is 19.1. The van der Waals surface area contributed by atoms with Gasteiger partial charge in [-0.3, -0.25) is 10.1 Å². The van der Waals surface area contributed by atoms with Crippen LogP contribution in [-0.4, -0.2) is 30.2 Å². The minimum absolute atomic E-state index is 0.0369. The van der Waals surface area contributed by atoms with E-state index in [0.29, 0.717) is 0 Å². The lowest BCUT2D eigenvalue weighted by atomic mass is 10.2. The van der Waals surface area contributed by atoms with Crippen LogP contribution in [0, 0.1) is 11.6 Å². The summed E-state index contributed by atoms with van der Waals surface area (Å²) < 4.78 is 32.0. The molecule has 1 unspecified atom stereocenters. The van der Waals surface area contributed by atoms with Crippen LogP contribution in [0.4, 0.5) is 13.6 Å². The van der Waals surface area contributed by atoms with Crippen molar-refractivity contribution in [2.45, 2.75) is 19.6 Å². The number of benzene rings is 1. The average molecular weight is 288 g/mol. The van der Waals surface area contributed by atoms with Gasteiger partial charge in [0.1, 0.15) is 0 Å². The fourth-order valence-corrected chi connectivity index (χ4v) is 1.32. The molecule has 6 nitrogen and oxygen atoms in total. The van der Waals surface area contributed by atoms with Gasteiger partial charge in [0.05, 0.1) is 6.61 Å². The molecule has 0 bridgehead atoms. The molecule has 0 aliphatic carbocycles. The van der Waals surface area contributed by atoms with E-state index < -0.39 is 42.0 Å². The first-order chi connectivity index (χ1) is 9.38. The quantitative estimate of drug-likeness (QED) is 0.760. The molecule has 110 valence electrons. The second-order valence-corrected chi connectivity index (χ2v) is 3.88. The summed E-state index contributed by atoms with van der Waals surface area (Å²) >= 11 is 0. The van der Waals surface area contributed by atoms with Crippen molar-refractivity contribution in [3.63, 3.8) is 0 Å². The third kappa shape index (κ3) is 3.89. The zero-order valence-corrected chi connectivity index (χ0v) is 10.9. The first-order valence-corrected chi connectivity index (χ1v) is 5.67. The van der Waals surface area contributed by atoms with Gasteiger partial charge in [-0.15, -0.1) is 0 Å². The molecule has 1 aromatic carbocycles. The van der Waals surface area contributed by atoms with Crippen LogP contribution in [0.2, 0.25) is 0 Å². The number of rotatable bonds is 4. The molecule has 20 heavy (non-hydrogen) atoms.